The summed E-state index contributed by atoms with van der Waals surface area (Å²) < 4.78 is 0. The van der Waals surface area contributed by atoms with E-state index in [2.05, 4.69) is 59.2 Å². The molecule has 0 amide bonds. The summed E-state index contributed by atoms with van der Waals surface area (Å²) in [7, 11) is 0. The van der Waals surface area contributed by atoms with Crippen LogP contribution in [0.25, 0.3) is 11.4 Å². The van der Waals surface area contributed by atoms with Crippen LogP contribution in [0.4, 0.5) is 5.82 Å². The third-order valence-corrected chi connectivity index (χ3v) is 6.06. The first-order valence-electron chi connectivity index (χ1n) is 11.3. The average Bonchev–Trinajstić information content (AvgIpc) is 2.82. The van der Waals surface area contributed by atoms with E-state index in [-0.39, 0.29) is 6.10 Å². The van der Waals surface area contributed by atoms with Gasteiger partial charge in [0, 0.05) is 56.0 Å². The predicted molar refractivity (Wildman–Crippen MR) is 126 cm³/mol. The molecule has 1 aromatic heterocycles. The van der Waals surface area contributed by atoms with E-state index in [0.717, 1.165) is 68.5 Å². The molecule has 3 aromatic rings. The first-order valence-corrected chi connectivity index (χ1v) is 11.3. The van der Waals surface area contributed by atoms with E-state index < -0.39 is 0 Å². The molecule has 1 N–H and O–H groups in total. The third-order valence-electron chi connectivity index (χ3n) is 6.06. The van der Waals surface area contributed by atoms with Crippen LogP contribution in [-0.2, 0) is 6.42 Å². The van der Waals surface area contributed by atoms with Crippen molar-refractivity contribution in [1.29, 1.82) is 0 Å². The molecule has 5 nitrogen and oxygen atoms in total. The number of hydrogen-bond acceptors (Lipinski definition) is 5. The van der Waals surface area contributed by atoms with Gasteiger partial charge in [0.25, 0.3) is 0 Å². The topological polar surface area (TPSA) is 52.5 Å². The highest BCUT2D eigenvalue weighted by atomic mass is 16.3. The summed E-state index contributed by atoms with van der Waals surface area (Å²) in [5.41, 5.74) is 4.56. The summed E-state index contributed by atoms with van der Waals surface area (Å²) in [6.07, 6.45) is 1.38. The van der Waals surface area contributed by atoms with Gasteiger partial charge in [0.2, 0.25) is 0 Å². The van der Waals surface area contributed by atoms with E-state index in [1.807, 2.05) is 25.1 Å². The van der Waals surface area contributed by atoms with Gasteiger partial charge in [-0.2, -0.15) is 0 Å². The molecule has 1 fully saturated rings. The Kier molecular flexibility index (Phi) is 6.95. The lowest BCUT2D eigenvalue weighted by Gasteiger charge is -2.37. The predicted octanol–water partition coefficient (Wildman–Crippen LogP) is 3.94. The first kappa shape index (κ1) is 21.5. The quantitative estimate of drug-likeness (QED) is 0.632. The Balaban J connectivity index is 1.64. The molecule has 0 unspecified atom stereocenters. The Hall–Kier alpha value is -2.76. The maximum absolute atomic E-state index is 10.0. The molecule has 0 aliphatic carbocycles. The van der Waals surface area contributed by atoms with E-state index in [1.165, 1.54) is 11.1 Å². The smallest absolute Gasteiger partial charge is 0.161 e. The summed E-state index contributed by atoms with van der Waals surface area (Å²) in [6, 6.07) is 20.8. The van der Waals surface area contributed by atoms with Crippen LogP contribution >= 0.6 is 0 Å². The third kappa shape index (κ3) is 5.30. The van der Waals surface area contributed by atoms with Gasteiger partial charge in [-0.3, -0.25) is 4.90 Å². The Morgan fingerprint density at radius 3 is 2.19 bits per heavy atom. The Labute approximate surface area is 185 Å². The van der Waals surface area contributed by atoms with Crippen molar-refractivity contribution in [3.8, 4) is 11.4 Å². The van der Waals surface area contributed by atoms with Gasteiger partial charge < -0.3 is 10.0 Å². The second-order valence-electron chi connectivity index (χ2n) is 8.31. The molecule has 0 spiro atoms. The van der Waals surface area contributed by atoms with Gasteiger partial charge in [-0.25, -0.2) is 9.97 Å². The molecule has 31 heavy (non-hydrogen) atoms. The number of benzene rings is 2. The van der Waals surface area contributed by atoms with Crippen LogP contribution in [0.2, 0.25) is 0 Å². The minimum absolute atomic E-state index is 0.244. The normalized spacial score (nSPS) is 15.8. The van der Waals surface area contributed by atoms with Gasteiger partial charge >= 0.3 is 0 Å². The van der Waals surface area contributed by atoms with Crippen molar-refractivity contribution < 1.29 is 5.11 Å². The minimum atomic E-state index is -0.244. The zero-order chi connectivity index (χ0) is 21.6. The van der Waals surface area contributed by atoms with Gasteiger partial charge in [-0.15, -0.1) is 0 Å². The number of aliphatic hydroxyl groups excluding tert-OH is 1. The van der Waals surface area contributed by atoms with Crippen molar-refractivity contribution >= 4 is 5.82 Å². The fourth-order valence-electron chi connectivity index (χ4n) is 4.14. The summed E-state index contributed by atoms with van der Waals surface area (Å²) >= 11 is 0. The van der Waals surface area contributed by atoms with Crippen molar-refractivity contribution in [2.24, 2.45) is 0 Å². The molecule has 0 bridgehead atoms. The van der Waals surface area contributed by atoms with Gasteiger partial charge in [-0.05, 0) is 18.9 Å². The van der Waals surface area contributed by atoms with Crippen molar-refractivity contribution in [2.45, 2.75) is 32.8 Å². The number of anilines is 1. The number of aliphatic hydroxyl groups is 1. The Bertz CT molecular complexity index is 969. The van der Waals surface area contributed by atoms with Gasteiger partial charge in [0.1, 0.15) is 5.82 Å². The maximum atomic E-state index is 10.0. The highest BCUT2D eigenvalue weighted by Gasteiger charge is 2.24. The molecular formula is C26H32N4O. The Morgan fingerprint density at radius 1 is 0.903 bits per heavy atom. The SMILES string of the molecule is CC[C@@H](O)CN1CCN(c2nc(-c3ccccc3)nc(C)c2Cc2ccccc2)CC1. The number of β-amino-alcohol motifs (C(OH)–C–C–N with tert-alkyl or cyclic N) is 1. The number of hydrogen-bond donors (Lipinski definition) is 1. The van der Waals surface area contributed by atoms with Crippen LogP contribution < -0.4 is 4.90 Å². The van der Waals surface area contributed by atoms with Crippen LogP contribution in [0.1, 0.15) is 30.2 Å². The highest BCUT2D eigenvalue weighted by Crippen LogP contribution is 2.28. The molecule has 1 atom stereocenters. The molecule has 5 heteroatoms. The molecule has 0 radical (unpaired) electrons. The zero-order valence-corrected chi connectivity index (χ0v) is 18.5. The van der Waals surface area contributed by atoms with Crippen molar-refractivity contribution in [1.82, 2.24) is 14.9 Å². The molecular weight excluding hydrogens is 384 g/mol. The first-order chi connectivity index (χ1) is 15.1. The number of aryl methyl sites for hydroxylation is 1. The molecule has 1 saturated heterocycles. The summed E-state index contributed by atoms with van der Waals surface area (Å²) in [5.74, 6) is 1.83. The van der Waals surface area contributed by atoms with Crippen LogP contribution in [0.3, 0.4) is 0 Å². The van der Waals surface area contributed by atoms with Crippen molar-refractivity contribution in [3.05, 3.63) is 77.5 Å². The fraction of sp³-hybridized carbons (Fsp3) is 0.385. The number of rotatable bonds is 7. The largest absolute Gasteiger partial charge is 0.392 e. The summed E-state index contributed by atoms with van der Waals surface area (Å²) in [5, 5.41) is 10.0. The summed E-state index contributed by atoms with van der Waals surface area (Å²) in [4.78, 5) is 14.7. The van der Waals surface area contributed by atoms with Crippen molar-refractivity contribution in [3.63, 3.8) is 0 Å². The number of nitrogens with zero attached hydrogens (tertiary/aromatic N) is 4. The standard InChI is InChI=1S/C26H32N4O/c1-3-23(31)19-29-14-16-30(17-15-29)26-24(18-21-10-6-4-7-11-21)20(2)27-25(28-26)22-12-8-5-9-13-22/h4-13,23,31H,3,14-19H2,1-2H3/t23-/m1/s1. The van der Waals surface area contributed by atoms with Crippen LogP contribution in [-0.4, -0.2) is 58.8 Å². The maximum Gasteiger partial charge on any atom is 0.161 e. The average molecular weight is 417 g/mol. The van der Waals surface area contributed by atoms with E-state index >= 15 is 0 Å². The van der Waals surface area contributed by atoms with Gasteiger partial charge in [-0.1, -0.05) is 67.6 Å². The zero-order valence-electron chi connectivity index (χ0n) is 18.5. The van der Waals surface area contributed by atoms with E-state index in [0.29, 0.717) is 0 Å². The lowest BCUT2D eigenvalue weighted by atomic mass is 10.0. The minimum Gasteiger partial charge on any atom is -0.392 e. The lowest BCUT2D eigenvalue weighted by Crippen LogP contribution is -2.49. The molecule has 1 aliphatic rings. The van der Waals surface area contributed by atoms with Crippen LogP contribution in [0.15, 0.2) is 60.7 Å². The van der Waals surface area contributed by atoms with Gasteiger partial charge in [0.15, 0.2) is 5.82 Å². The highest BCUT2D eigenvalue weighted by molar-refractivity contribution is 5.61. The molecule has 0 saturated carbocycles. The number of piperazine rings is 1. The molecule has 162 valence electrons. The number of aromatic nitrogens is 2. The molecule has 1 aliphatic heterocycles. The fourth-order valence-corrected chi connectivity index (χ4v) is 4.14. The van der Waals surface area contributed by atoms with Crippen molar-refractivity contribution in [2.75, 3.05) is 37.6 Å². The van der Waals surface area contributed by atoms with E-state index in [9.17, 15) is 5.11 Å². The second kappa shape index (κ2) is 10.0. The summed E-state index contributed by atoms with van der Waals surface area (Å²) in [6.45, 7) is 8.57. The van der Waals surface area contributed by atoms with Crippen LogP contribution in [0, 0.1) is 6.92 Å². The van der Waals surface area contributed by atoms with Gasteiger partial charge in [0.05, 0.1) is 6.10 Å². The monoisotopic (exact) mass is 416 g/mol. The lowest BCUT2D eigenvalue weighted by molar-refractivity contribution is 0.106. The molecule has 2 heterocycles. The van der Waals surface area contributed by atoms with E-state index in [4.69, 9.17) is 9.97 Å². The second-order valence-corrected chi connectivity index (χ2v) is 8.31. The Morgan fingerprint density at radius 2 is 1.55 bits per heavy atom. The van der Waals surface area contributed by atoms with Crippen LogP contribution in [0.5, 0.6) is 0 Å². The molecule has 2 aromatic carbocycles. The van der Waals surface area contributed by atoms with E-state index in [1.54, 1.807) is 0 Å². The molecule has 4 rings (SSSR count).